The molecule has 1 aromatic carbocycles. The number of fused-ring (bicyclic) bond motifs is 2. The van der Waals surface area contributed by atoms with E-state index in [-0.39, 0.29) is 18.0 Å². The van der Waals surface area contributed by atoms with Crippen LogP contribution in [0.4, 0.5) is 0 Å². The number of rotatable bonds is 15. The number of piperazine rings is 1. The van der Waals surface area contributed by atoms with Crippen molar-refractivity contribution in [2.75, 3.05) is 53.7 Å². The van der Waals surface area contributed by atoms with Crippen molar-refractivity contribution in [1.82, 2.24) is 20.5 Å². The first-order chi connectivity index (χ1) is 20.5. The third-order valence-electron chi connectivity index (χ3n) is 8.34. The van der Waals surface area contributed by atoms with Gasteiger partial charge in [0.25, 0.3) is 5.91 Å². The van der Waals surface area contributed by atoms with Gasteiger partial charge in [0.15, 0.2) is 0 Å². The Bertz CT molecular complexity index is 1230. The first kappa shape index (κ1) is 30.6. The van der Waals surface area contributed by atoms with Crippen LogP contribution < -0.4 is 15.4 Å². The first-order valence-corrected chi connectivity index (χ1v) is 15.2. The van der Waals surface area contributed by atoms with E-state index >= 15 is 0 Å². The normalized spacial score (nSPS) is 20.9. The molecule has 3 aliphatic rings. The number of amides is 1. The lowest BCUT2D eigenvalue weighted by molar-refractivity contribution is -0.128. The van der Waals surface area contributed by atoms with E-state index in [1.807, 2.05) is 13.0 Å². The Labute approximate surface area is 250 Å². The van der Waals surface area contributed by atoms with Gasteiger partial charge in [0.05, 0.1) is 32.5 Å². The molecule has 1 aromatic heterocycles. The van der Waals surface area contributed by atoms with Crippen LogP contribution in [0.15, 0.2) is 42.1 Å². The number of carbonyl (C=O) groups excluding carboxylic acids is 1. The van der Waals surface area contributed by atoms with Gasteiger partial charge in [-0.3, -0.25) is 4.79 Å². The number of ether oxygens (including phenoxy) is 4. The second kappa shape index (κ2) is 14.6. The molecule has 42 heavy (non-hydrogen) atoms. The lowest BCUT2D eigenvalue weighted by atomic mass is 9.83. The molecule has 2 N–H and O–H groups in total. The standard InChI is InChI=1S/C33H46N4O5/c1-22(19-40-4)20-41-21-24-5-7-25(8-6-24)29-15-27-16-34-17-30(36-27)31(29)33(38)37(28-9-10-28)18-26-11-12-35-32(23(26)2)42-14-13-39-3/h5-8,11-12,22,27-28,30,34,36H,9-10,13-21H2,1-4H3/t22-,27?,30?/m0/s1. The van der Waals surface area contributed by atoms with Crippen molar-refractivity contribution in [3.63, 3.8) is 0 Å². The molecule has 2 unspecified atom stereocenters. The average Bonchev–Trinajstić information content (AvgIpc) is 3.83. The number of aromatic nitrogens is 1. The minimum absolute atomic E-state index is 0.0157. The van der Waals surface area contributed by atoms with Crippen LogP contribution in [-0.2, 0) is 32.2 Å². The highest BCUT2D eigenvalue weighted by atomic mass is 16.5. The summed E-state index contributed by atoms with van der Waals surface area (Å²) in [6, 6.07) is 11.1. The zero-order valence-corrected chi connectivity index (χ0v) is 25.5. The van der Waals surface area contributed by atoms with Crippen molar-refractivity contribution in [2.45, 2.75) is 64.4 Å². The van der Waals surface area contributed by atoms with E-state index in [2.05, 4.69) is 51.7 Å². The lowest BCUT2D eigenvalue weighted by Crippen LogP contribution is -2.60. The number of hydrogen-bond donors (Lipinski definition) is 2. The van der Waals surface area contributed by atoms with E-state index in [1.54, 1.807) is 20.4 Å². The third kappa shape index (κ3) is 7.57. The molecule has 9 nitrogen and oxygen atoms in total. The van der Waals surface area contributed by atoms with Gasteiger partial charge in [-0.25, -0.2) is 4.98 Å². The van der Waals surface area contributed by atoms with E-state index in [4.69, 9.17) is 18.9 Å². The molecule has 228 valence electrons. The molecule has 3 heterocycles. The fourth-order valence-electron chi connectivity index (χ4n) is 5.94. The molecular weight excluding hydrogens is 532 g/mol. The molecular formula is C33H46N4O5. The molecule has 2 aliphatic heterocycles. The molecule has 9 heteroatoms. The van der Waals surface area contributed by atoms with E-state index in [0.717, 1.165) is 65.8 Å². The van der Waals surface area contributed by atoms with Crippen molar-refractivity contribution in [2.24, 2.45) is 5.92 Å². The van der Waals surface area contributed by atoms with Gasteiger partial charge in [-0.05, 0) is 54.5 Å². The highest BCUT2D eigenvalue weighted by Gasteiger charge is 2.41. The molecule has 1 amide bonds. The van der Waals surface area contributed by atoms with Crippen molar-refractivity contribution in [1.29, 1.82) is 0 Å². The smallest absolute Gasteiger partial charge is 0.252 e. The Morgan fingerprint density at radius 3 is 2.62 bits per heavy atom. The maximum absolute atomic E-state index is 14.5. The van der Waals surface area contributed by atoms with Gasteiger partial charge in [-0.15, -0.1) is 0 Å². The average molecular weight is 579 g/mol. The van der Waals surface area contributed by atoms with Gasteiger partial charge in [0.2, 0.25) is 5.88 Å². The Hall–Kier alpha value is -2.82. The van der Waals surface area contributed by atoms with Crippen LogP contribution >= 0.6 is 0 Å². The van der Waals surface area contributed by atoms with Gasteiger partial charge >= 0.3 is 0 Å². The summed E-state index contributed by atoms with van der Waals surface area (Å²) in [6.07, 6.45) is 4.66. The van der Waals surface area contributed by atoms with Gasteiger partial charge < -0.3 is 34.5 Å². The SMILES string of the molecule is COCCOc1nccc(CN(C(=O)C2=C(c3ccc(COC[C@@H](C)COC)cc3)CC3CNCC2N3)C2CC2)c1C. The van der Waals surface area contributed by atoms with E-state index < -0.39 is 0 Å². The summed E-state index contributed by atoms with van der Waals surface area (Å²) in [7, 11) is 3.37. The van der Waals surface area contributed by atoms with Gasteiger partial charge in [0, 0.05) is 69.2 Å². The molecule has 1 saturated heterocycles. The van der Waals surface area contributed by atoms with Crippen LogP contribution in [0, 0.1) is 12.8 Å². The van der Waals surface area contributed by atoms with Crippen molar-refractivity contribution >= 4 is 11.5 Å². The van der Waals surface area contributed by atoms with Crippen molar-refractivity contribution in [3.05, 3.63) is 64.4 Å². The third-order valence-corrected chi connectivity index (χ3v) is 8.34. The summed E-state index contributed by atoms with van der Waals surface area (Å²) in [5.74, 6) is 1.09. The number of carbonyl (C=O) groups is 1. The predicted molar refractivity (Wildman–Crippen MR) is 162 cm³/mol. The van der Waals surface area contributed by atoms with Crippen LogP contribution in [0.3, 0.4) is 0 Å². The molecule has 2 aromatic rings. The molecule has 0 radical (unpaired) electrons. The van der Waals surface area contributed by atoms with Gasteiger partial charge in [0.1, 0.15) is 6.61 Å². The number of nitrogens with one attached hydrogen (secondary N) is 2. The van der Waals surface area contributed by atoms with Crippen LogP contribution in [0.25, 0.3) is 5.57 Å². The second-order valence-electron chi connectivity index (χ2n) is 11.8. The minimum Gasteiger partial charge on any atom is -0.475 e. The maximum Gasteiger partial charge on any atom is 0.252 e. The predicted octanol–water partition coefficient (Wildman–Crippen LogP) is 3.49. The fourth-order valence-corrected chi connectivity index (χ4v) is 5.94. The number of benzene rings is 1. The zero-order chi connectivity index (χ0) is 29.5. The van der Waals surface area contributed by atoms with E-state index in [1.165, 1.54) is 0 Å². The van der Waals surface area contributed by atoms with Crippen molar-refractivity contribution < 1.29 is 23.7 Å². The molecule has 3 atom stereocenters. The Morgan fingerprint density at radius 1 is 1.07 bits per heavy atom. The molecule has 0 spiro atoms. The van der Waals surface area contributed by atoms with Crippen LogP contribution in [0.5, 0.6) is 5.88 Å². The zero-order valence-electron chi connectivity index (χ0n) is 25.5. The van der Waals surface area contributed by atoms with E-state index in [0.29, 0.717) is 57.4 Å². The monoisotopic (exact) mass is 578 g/mol. The van der Waals surface area contributed by atoms with Crippen LogP contribution in [-0.4, -0.2) is 87.7 Å². The lowest BCUT2D eigenvalue weighted by Gasteiger charge is -2.41. The topological polar surface area (TPSA) is 94.2 Å². The van der Waals surface area contributed by atoms with Gasteiger partial charge in [-0.2, -0.15) is 0 Å². The Balaban J connectivity index is 1.38. The second-order valence-corrected chi connectivity index (χ2v) is 11.8. The quantitative estimate of drug-likeness (QED) is 0.310. The number of nitrogens with zero attached hydrogens (tertiary/aromatic N) is 2. The number of pyridine rings is 1. The highest BCUT2D eigenvalue weighted by molar-refractivity contribution is 6.03. The summed E-state index contributed by atoms with van der Waals surface area (Å²) < 4.78 is 22.1. The highest BCUT2D eigenvalue weighted by Crippen LogP contribution is 2.37. The van der Waals surface area contributed by atoms with Crippen molar-refractivity contribution in [3.8, 4) is 5.88 Å². The molecule has 1 saturated carbocycles. The maximum atomic E-state index is 14.5. The summed E-state index contributed by atoms with van der Waals surface area (Å²) in [4.78, 5) is 21.0. The molecule has 1 aliphatic carbocycles. The number of hydrogen-bond acceptors (Lipinski definition) is 8. The molecule has 2 bridgehead atoms. The minimum atomic E-state index is -0.0157. The first-order valence-electron chi connectivity index (χ1n) is 15.2. The molecule has 5 rings (SSSR count). The van der Waals surface area contributed by atoms with Crippen LogP contribution in [0.1, 0.15) is 48.4 Å². The van der Waals surface area contributed by atoms with Gasteiger partial charge in [-0.1, -0.05) is 31.2 Å². The van der Waals surface area contributed by atoms with E-state index in [9.17, 15) is 4.79 Å². The largest absolute Gasteiger partial charge is 0.475 e. The number of methoxy groups -OCH3 is 2. The van der Waals surface area contributed by atoms with Crippen LogP contribution in [0.2, 0.25) is 0 Å². The summed E-state index contributed by atoms with van der Waals surface area (Å²) in [5, 5.41) is 7.27. The Kier molecular flexibility index (Phi) is 10.6. The fraction of sp³-hybridized carbons (Fsp3) is 0.576. The summed E-state index contributed by atoms with van der Waals surface area (Å²) in [5.41, 5.74) is 6.34. The summed E-state index contributed by atoms with van der Waals surface area (Å²) in [6.45, 7) is 9.19. The summed E-state index contributed by atoms with van der Waals surface area (Å²) >= 11 is 0. The molecule has 2 fully saturated rings. The Morgan fingerprint density at radius 2 is 1.88 bits per heavy atom.